The minimum Gasteiger partial charge on any atom is -0.459 e. The molecule has 0 aliphatic heterocycles. The molecule has 0 atom stereocenters. The molecule has 0 radical (unpaired) electrons. The Bertz CT molecular complexity index is 1540. The zero-order valence-electron chi connectivity index (χ0n) is 21.2. The van der Waals surface area contributed by atoms with E-state index in [0.717, 1.165) is 30.5 Å². The summed E-state index contributed by atoms with van der Waals surface area (Å²) in [7, 11) is 0. The lowest BCUT2D eigenvalue weighted by atomic mass is 10.0. The van der Waals surface area contributed by atoms with Crippen LogP contribution in [0.3, 0.4) is 0 Å². The maximum atomic E-state index is 14.9. The fourth-order valence-corrected chi connectivity index (χ4v) is 3.81. The molecule has 41 heavy (non-hydrogen) atoms. The average Bonchev–Trinajstić information content (AvgIpc) is 2.90. The summed E-state index contributed by atoms with van der Waals surface area (Å²) in [5.74, 6) is -7.24. The van der Waals surface area contributed by atoms with Gasteiger partial charge in [0.25, 0.3) is 6.43 Å². The van der Waals surface area contributed by atoms with Gasteiger partial charge < -0.3 is 9.47 Å². The van der Waals surface area contributed by atoms with E-state index in [1.54, 1.807) is 12.4 Å². The fraction of sp³-hybridized carbons (Fsp3) is 0.172. The normalized spacial score (nSPS) is 11.9. The van der Waals surface area contributed by atoms with Crippen LogP contribution in [-0.2, 0) is 12.5 Å². The Labute approximate surface area is 228 Å². The number of alkyl halides is 4. The van der Waals surface area contributed by atoms with E-state index in [1.165, 1.54) is 12.1 Å². The number of ether oxygens (including phenoxy) is 2. The largest absolute Gasteiger partial charge is 0.459 e. The van der Waals surface area contributed by atoms with Gasteiger partial charge in [0.05, 0.1) is 11.8 Å². The van der Waals surface area contributed by atoms with Crippen LogP contribution in [0.1, 0.15) is 24.5 Å². The van der Waals surface area contributed by atoms with Crippen molar-refractivity contribution in [3.63, 3.8) is 0 Å². The van der Waals surface area contributed by atoms with Crippen LogP contribution in [0, 0.1) is 23.3 Å². The molecule has 1 aromatic heterocycles. The molecule has 0 fully saturated rings. The first-order chi connectivity index (χ1) is 19.5. The Morgan fingerprint density at radius 1 is 0.829 bits per heavy atom. The number of nitrogens with zero attached hydrogens (tertiary/aromatic N) is 2. The van der Waals surface area contributed by atoms with Gasteiger partial charge in [0.1, 0.15) is 17.4 Å². The van der Waals surface area contributed by atoms with E-state index >= 15 is 0 Å². The van der Waals surface area contributed by atoms with E-state index in [1.807, 2.05) is 6.92 Å². The Kier molecular flexibility index (Phi) is 8.89. The monoisotopic (exact) mass is 580 g/mol. The lowest BCUT2D eigenvalue weighted by Crippen LogP contribution is -2.23. The third-order valence-electron chi connectivity index (χ3n) is 5.69. The van der Waals surface area contributed by atoms with E-state index in [0.29, 0.717) is 36.1 Å². The van der Waals surface area contributed by atoms with Gasteiger partial charge in [-0.3, -0.25) is 0 Å². The van der Waals surface area contributed by atoms with Gasteiger partial charge in [-0.15, -0.1) is 0 Å². The first kappa shape index (κ1) is 29.5. The van der Waals surface area contributed by atoms with Crippen molar-refractivity contribution < 1.29 is 44.6 Å². The summed E-state index contributed by atoms with van der Waals surface area (Å²) in [4.78, 5) is 8.43. The molecule has 0 spiro atoms. The topological polar surface area (TPSA) is 44.2 Å². The molecule has 4 rings (SSSR count). The van der Waals surface area contributed by atoms with Gasteiger partial charge in [-0.2, -0.15) is 8.78 Å². The number of halogens is 8. The standard InChI is InChI=1S/C29H20F8N2O2/c1-2-3-16-14-38-28(39-15-16)18-4-6-20(22(30)11-18)17-5-7-21(23(31)10-17)29(36,37)41-19-12-24(32)27(25(33)13-19)40-9-8-26(34)35/h4-15,26H,2-3H2,1H3. The highest BCUT2D eigenvalue weighted by atomic mass is 19.3. The Morgan fingerprint density at radius 2 is 1.46 bits per heavy atom. The van der Waals surface area contributed by atoms with Gasteiger partial charge in [0.2, 0.25) is 0 Å². The van der Waals surface area contributed by atoms with Crippen molar-refractivity contribution >= 4 is 0 Å². The van der Waals surface area contributed by atoms with E-state index in [9.17, 15) is 35.1 Å². The minimum absolute atomic E-state index is 0.0687. The summed E-state index contributed by atoms with van der Waals surface area (Å²) in [6.45, 7) is 2.01. The zero-order chi connectivity index (χ0) is 29.7. The molecule has 0 aliphatic carbocycles. The molecule has 0 aliphatic rings. The summed E-state index contributed by atoms with van der Waals surface area (Å²) in [6.07, 6.45) is -1.88. The molecule has 214 valence electrons. The smallest absolute Gasteiger partial charge is 0.429 e. The Hall–Kier alpha value is -4.48. The Morgan fingerprint density at radius 3 is 2.05 bits per heavy atom. The quantitative estimate of drug-likeness (QED) is 0.139. The van der Waals surface area contributed by atoms with Crippen LogP contribution >= 0.6 is 0 Å². The second-order valence-electron chi connectivity index (χ2n) is 8.67. The van der Waals surface area contributed by atoms with Crippen molar-refractivity contribution in [1.82, 2.24) is 9.97 Å². The molecular formula is C29H20F8N2O2. The Balaban J connectivity index is 1.54. The maximum Gasteiger partial charge on any atom is 0.429 e. The molecule has 3 aromatic carbocycles. The van der Waals surface area contributed by atoms with Crippen LogP contribution in [0.5, 0.6) is 11.5 Å². The van der Waals surface area contributed by atoms with Gasteiger partial charge in [-0.1, -0.05) is 31.5 Å². The highest BCUT2D eigenvalue weighted by Crippen LogP contribution is 2.37. The molecule has 4 aromatic rings. The summed E-state index contributed by atoms with van der Waals surface area (Å²) < 4.78 is 121. The second-order valence-corrected chi connectivity index (χ2v) is 8.67. The van der Waals surface area contributed by atoms with Crippen LogP contribution in [0.4, 0.5) is 35.1 Å². The summed E-state index contributed by atoms with van der Waals surface area (Å²) in [5, 5.41) is 0. The number of allylic oxidation sites excluding steroid dienone is 1. The lowest BCUT2D eigenvalue weighted by Gasteiger charge is -2.20. The molecule has 0 bridgehead atoms. The summed E-state index contributed by atoms with van der Waals surface area (Å²) >= 11 is 0. The number of hydrogen-bond donors (Lipinski definition) is 0. The third kappa shape index (κ3) is 7.00. The van der Waals surface area contributed by atoms with Crippen LogP contribution in [0.25, 0.3) is 22.5 Å². The van der Waals surface area contributed by atoms with E-state index in [-0.39, 0.29) is 23.0 Å². The lowest BCUT2D eigenvalue weighted by molar-refractivity contribution is -0.187. The fourth-order valence-electron chi connectivity index (χ4n) is 3.81. The van der Waals surface area contributed by atoms with Gasteiger partial charge in [0.15, 0.2) is 23.2 Å². The van der Waals surface area contributed by atoms with Gasteiger partial charge >= 0.3 is 6.11 Å². The summed E-state index contributed by atoms with van der Waals surface area (Å²) in [5.41, 5.74) is -0.175. The van der Waals surface area contributed by atoms with Crippen molar-refractivity contribution in [2.75, 3.05) is 0 Å². The van der Waals surface area contributed by atoms with E-state index in [4.69, 9.17) is 0 Å². The SMILES string of the molecule is CCCc1cnc(-c2ccc(-c3ccc(C(F)(F)Oc4cc(F)c(OC=CC(F)F)c(F)c4)c(F)c3)c(F)c2)nc1. The maximum absolute atomic E-state index is 14.9. The van der Waals surface area contributed by atoms with Crippen molar-refractivity contribution in [3.8, 4) is 34.0 Å². The molecule has 0 saturated heterocycles. The highest BCUT2D eigenvalue weighted by molar-refractivity contribution is 5.69. The van der Waals surface area contributed by atoms with Crippen molar-refractivity contribution in [1.29, 1.82) is 0 Å². The minimum atomic E-state index is -4.41. The first-order valence-corrected chi connectivity index (χ1v) is 12.1. The molecule has 12 heteroatoms. The van der Waals surface area contributed by atoms with Crippen molar-refractivity contribution in [3.05, 3.63) is 108 Å². The predicted octanol–water partition coefficient (Wildman–Crippen LogP) is 8.61. The highest BCUT2D eigenvalue weighted by Gasteiger charge is 2.38. The number of benzene rings is 3. The van der Waals surface area contributed by atoms with Crippen LogP contribution in [0.15, 0.2) is 73.3 Å². The van der Waals surface area contributed by atoms with Crippen molar-refractivity contribution in [2.24, 2.45) is 0 Å². The van der Waals surface area contributed by atoms with Crippen LogP contribution in [0.2, 0.25) is 0 Å². The molecular weight excluding hydrogens is 560 g/mol. The molecule has 0 saturated carbocycles. The van der Waals surface area contributed by atoms with Crippen molar-refractivity contribution in [2.45, 2.75) is 32.3 Å². The molecule has 0 amide bonds. The van der Waals surface area contributed by atoms with Crippen LogP contribution < -0.4 is 9.47 Å². The molecule has 0 unspecified atom stereocenters. The van der Waals surface area contributed by atoms with E-state index in [2.05, 4.69) is 19.4 Å². The number of aryl methyl sites for hydroxylation is 1. The first-order valence-electron chi connectivity index (χ1n) is 12.1. The van der Waals surface area contributed by atoms with Gasteiger partial charge in [-0.25, -0.2) is 36.3 Å². The number of rotatable bonds is 10. The molecule has 1 heterocycles. The van der Waals surface area contributed by atoms with Crippen LogP contribution in [-0.4, -0.2) is 16.4 Å². The average molecular weight is 580 g/mol. The number of hydrogen-bond acceptors (Lipinski definition) is 4. The van der Waals surface area contributed by atoms with E-state index < -0.39 is 52.9 Å². The number of aromatic nitrogens is 2. The molecule has 0 N–H and O–H groups in total. The van der Waals surface area contributed by atoms with Gasteiger partial charge in [-0.05, 0) is 35.7 Å². The second kappa shape index (κ2) is 12.4. The summed E-state index contributed by atoms with van der Waals surface area (Å²) in [6, 6.07) is 6.91. The third-order valence-corrected chi connectivity index (χ3v) is 5.69. The zero-order valence-corrected chi connectivity index (χ0v) is 21.2. The van der Waals surface area contributed by atoms with Gasteiger partial charge in [0, 0.05) is 41.7 Å². The molecule has 4 nitrogen and oxygen atoms in total. The predicted molar refractivity (Wildman–Crippen MR) is 133 cm³/mol.